The molecule has 1 aromatic rings. The Labute approximate surface area is 133 Å². The fourth-order valence-electron chi connectivity index (χ4n) is 3.01. The molecule has 0 bridgehead atoms. The molecule has 1 saturated heterocycles. The van der Waals surface area contributed by atoms with Gasteiger partial charge in [-0.3, -0.25) is 9.59 Å². The molecule has 0 aromatic heterocycles. The summed E-state index contributed by atoms with van der Waals surface area (Å²) in [5.74, 6) is -0.193. The second kappa shape index (κ2) is 5.50. The number of nitrogens with two attached hydrogens (primary N) is 1. The van der Waals surface area contributed by atoms with Crippen molar-refractivity contribution in [3.63, 3.8) is 0 Å². The molecule has 1 aliphatic heterocycles. The minimum Gasteiger partial charge on any atom is -0.369 e. The number of carbonyl (C=O) groups excluding carboxylic acids is 2. The first-order valence-corrected chi connectivity index (χ1v) is 7.76. The van der Waals surface area contributed by atoms with Crippen LogP contribution in [0.4, 0.5) is 0 Å². The van der Waals surface area contributed by atoms with Crippen LogP contribution in [0.3, 0.4) is 0 Å². The molecule has 21 heavy (non-hydrogen) atoms. The van der Waals surface area contributed by atoms with Crippen molar-refractivity contribution < 1.29 is 9.59 Å². The molecule has 1 heterocycles. The summed E-state index contributed by atoms with van der Waals surface area (Å²) in [6, 6.07) is 5.51. The minimum absolute atomic E-state index is 0.00568. The number of rotatable bonds is 3. The van der Waals surface area contributed by atoms with Gasteiger partial charge in [0.15, 0.2) is 0 Å². The minimum atomic E-state index is -0.317. The molecule has 112 valence electrons. The molecule has 3 rings (SSSR count). The molecule has 0 spiro atoms. The van der Waals surface area contributed by atoms with Crippen LogP contribution in [0.1, 0.15) is 24.3 Å². The van der Waals surface area contributed by atoms with Crippen LogP contribution >= 0.6 is 23.2 Å². The standard InChI is InChI=1S/C15H16Cl2N2O2/c16-12-2-1-8(5-13(12)17)10-6-11(10)15(21)19-4-3-9(7-19)14(18)20/h1-2,5,9-11H,3-4,6-7H2,(H2,18,20). The summed E-state index contributed by atoms with van der Waals surface area (Å²) in [6.07, 6.45) is 1.50. The molecular formula is C15H16Cl2N2O2. The largest absolute Gasteiger partial charge is 0.369 e. The van der Waals surface area contributed by atoms with Crippen molar-refractivity contribution in [3.8, 4) is 0 Å². The Morgan fingerprint density at radius 2 is 2.00 bits per heavy atom. The number of primary amides is 1. The highest BCUT2D eigenvalue weighted by molar-refractivity contribution is 6.42. The van der Waals surface area contributed by atoms with Crippen LogP contribution < -0.4 is 5.73 Å². The average Bonchev–Trinajstić information content (AvgIpc) is 3.08. The van der Waals surface area contributed by atoms with Crippen molar-refractivity contribution in [1.82, 2.24) is 4.90 Å². The van der Waals surface area contributed by atoms with Gasteiger partial charge in [-0.2, -0.15) is 0 Å². The zero-order valence-electron chi connectivity index (χ0n) is 11.4. The van der Waals surface area contributed by atoms with Crippen LogP contribution in [-0.4, -0.2) is 29.8 Å². The number of hydrogen-bond acceptors (Lipinski definition) is 2. The van der Waals surface area contributed by atoms with Crippen molar-refractivity contribution in [2.45, 2.75) is 18.8 Å². The van der Waals surface area contributed by atoms with Crippen LogP contribution in [0.5, 0.6) is 0 Å². The molecule has 6 heteroatoms. The van der Waals surface area contributed by atoms with Crippen LogP contribution in [0, 0.1) is 11.8 Å². The maximum absolute atomic E-state index is 12.4. The lowest BCUT2D eigenvalue weighted by Crippen LogP contribution is -2.32. The lowest BCUT2D eigenvalue weighted by atomic mass is 10.1. The smallest absolute Gasteiger partial charge is 0.226 e. The molecule has 2 N–H and O–H groups in total. The number of benzene rings is 1. The Hall–Kier alpha value is -1.26. The van der Waals surface area contributed by atoms with Crippen LogP contribution in [-0.2, 0) is 9.59 Å². The van der Waals surface area contributed by atoms with Gasteiger partial charge >= 0.3 is 0 Å². The van der Waals surface area contributed by atoms with E-state index in [1.54, 1.807) is 11.0 Å². The summed E-state index contributed by atoms with van der Waals surface area (Å²) in [5.41, 5.74) is 6.35. The molecule has 2 fully saturated rings. The summed E-state index contributed by atoms with van der Waals surface area (Å²) in [6.45, 7) is 1.08. The van der Waals surface area contributed by atoms with Crippen molar-refractivity contribution in [3.05, 3.63) is 33.8 Å². The van der Waals surface area contributed by atoms with Gasteiger partial charge in [-0.25, -0.2) is 0 Å². The second-order valence-corrected chi connectivity index (χ2v) is 6.61. The van der Waals surface area contributed by atoms with E-state index in [9.17, 15) is 9.59 Å². The molecular weight excluding hydrogens is 311 g/mol. The van der Waals surface area contributed by atoms with Crippen LogP contribution in [0.2, 0.25) is 10.0 Å². The Kier molecular flexibility index (Phi) is 3.84. The molecule has 0 radical (unpaired) electrons. The zero-order chi connectivity index (χ0) is 15.1. The van der Waals surface area contributed by atoms with Gasteiger partial charge in [0.1, 0.15) is 0 Å². The Balaban J connectivity index is 1.64. The van der Waals surface area contributed by atoms with E-state index in [1.807, 2.05) is 12.1 Å². The van der Waals surface area contributed by atoms with Gasteiger partial charge in [-0.1, -0.05) is 29.3 Å². The van der Waals surface area contributed by atoms with E-state index in [4.69, 9.17) is 28.9 Å². The SMILES string of the molecule is NC(=O)C1CCN(C(=O)C2CC2c2ccc(Cl)c(Cl)c2)C1. The molecule has 1 saturated carbocycles. The van der Waals surface area contributed by atoms with E-state index in [1.165, 1.54) is 0 Å². The van der Waals surface area contributed by atoms with Crippen molar-refractivity contribution in [2.24, 2.45) is 17.6 Å². The third kappa shape index (κ3) is 2.87. The topological polar surface area (TPSA) is 63.4 Å². The first-order chi connectivity index (χ1) is 9.97. The Morgan fingerprint density at radius 1 is 1.24 bits per heavy atom. The van der Waals surface area contributed by atoms with E-state index in [0.29, 0.717) is 29.6 Å². The Morgan fingerprint density at radius 3 is 2.62 bits per heavy atom. The number of halogens is 2. The first kappa shape index (κ1) is 14.7. The monoisotopic (exact) mass is 326 g/mol. The van der Waals surface area contributed by atoms with Gasteiger partial charge in [0.05, 0.1) is 16.0 Å². The van der Waals surface area contributed by atoms with Gasteiger partial charge < -0.3 is 10.6 Å². The number of likely N-dealkylation sites (tertiary alicyclic amines) is 1. The highest BCUT2D eigenvalue weighted by Crippen LogP contribution is 2.49. The van der Waals surface area contributed by atoms with Gasteiger partial charge in [0.25, 0.3) is 0 Å². The van der Waals surface area contributed by atoms with Crippen LogP contribution in [0.25, 0.3) is 0 Å². The fraction of sp³-hybridized carbons (Fsp3) is 0.467. The highest BCUT2D eigenvalue weighted by Gasteiger charge is 2.47. The van der Waals surface area contributed by atoms with Crippen LogP contribution in [0.15, 0.2) is 18.2 Å². The maximum atomic E-state index is 12.4. The highest BCUT2D eigenvalue weighted by atomic mass is 35.5. The number of amides is 2. The quantitative estimate of drug-likeness (QED) is 0.927. The second-order valence-electron chi connectivity index (χ2n) is 5.79. The van der Waals surface area contributed by atoms with Crippen molar-refractivity contribution in [1.29, 1.82) is 0 Å². The zero-order valence-corrected chi connectivity index (χ0v) is 12.9. The predicted octanol–water partition coefficient (Wildman–Crippen LogP) is 2.43. The Bertz CT molecular complexity index is 605. The van der Waals surface area contributed by atoms with Gasteiger partial charge in [-0.15, -0.1) is 0 Å². The van der Waals surface area contributed by atoms with E-state index in [2.05, 4.69) is 0 Å². The van der Waals surface area contributed by atoms with Gasteiger partial charge in [0, 0.05) is 19.0 Å². The van der Waals surface area contributed by atoms with E-state index in [0.717, 1.165) is 12.0 Å². The fourth-order valence-corrected chi connectivity index (χ4v) is 3.31. The summed E-state index contributed by atoms with van der Waals surface area (Å²) in [4.78, 5) is 25.4. The number of hydrogen-bond donors (Lipinski definition) is 1. The summed E-state index contributed by atoms with van der Waals surface area (Å²) in [7, 11) is 0. The van der Waals surface area contributed by atoms with Crippen molar-refractivity contribution in [2.75, 3.05) is 13.1 Å². The number of nitrogens with zero attached hydrogens (tertiary/aromatic N) is 1. The first-order valence-electron chi connectivity index (χ1n) is 7.00. The van der Waals surface area contributed by atoms with E-state index in [-0.39, 0.29) is 29.6 Å². The lowest BCUT2D eigenvalue weighted by Gasteiger charge is -2.16. The van der Waals surface area contributed by atoms with Gasteiger partial charge in [-0.05, 0) is 36.5 Å². The van der Waals surface area contributed by atoms with E-state index >= 15 is 0 Å². The molecule has 2 amide bonds. The summed E-state index contributed by atoms with van der Waals surface area (Å²) in [5, 5.41) is 1.04. The molecule has 4 nitrogen and oxygen atoms in total. The van der Waals surface area contributed by atoms with Crippen molar-refractivity contribution >= 4 is 35.0 Å². The third-order valence-corrected chi connectivity index (χ3v) is 5.12. The molecule has 3 atom stereocenters. The predicted molar refractivity (Wildman–Crippen MR) is 81.2 cm³/mol. The molecule has 1 aliphatic carbocycles. The molecule has 2 aliphatic rings. The third-order valence-electron chi connectivity index (χ3n) is 4.38. The summed E-state index contributed by atoms with van der Waals surface area (Å²) >= 11 is 11.9. The lowest BCUT2D eigenvalue weighted by molar-refractivity contribution is -0.132. The van der Waals surface area contributed by atoms with E-state index < -0.39 is 0 Å². The average molecular weight is 327 g/mol. The molecule has 1 aromatic carbocycles. The summed E-state index contributed by atoms with van der Waals surface area (Å²) < 4.78 is 0. The van der Waals surface area contributed by atoms with Gasteiger partial charge in [0.2, 0.25) is 11.8 Å². The normalized spacial score (nSPS) is 27.7. The number of carbonyl (C=O) groups is 2. The maximum Gasteiger partial charge on any atom is 0.226 e. The molecule has 3 unspecified atom stereocenters.